The maximum absolute atomic E-state index is 3.59. The lowest BCUT2D eigenvalue weighted by Crippen LogP contribution is -2.33. The molecule has 0 fully saturated rings. The van der Waals surface area contributed by atoms with Crippen molar-refractivity contribution in [3.8, 4) is 0 Å². The van der Waals surface area contributed by atoms with Crippen LogP contribution in [-0.2, 0) is 0 Å². The Balaban J connectivity index is 3.14. The largest absolute Gasteiger partial charge is 0.319 e. The lowest BCUT2D eigenvalue weighted by Gasteiger charge is -2.33. The van der Waals surface area contributed by atoms with Crippen LogP contribution in [0.3, 0.4) is 0 Å². The summed E-state index contributed by atoms with van der Waals surface area (Å²) in [5, 5.41) is 3.32. The lowest BCUT2D eigenvalue weighted by atomic mass is 9.87. The summed E-state index contributed by atoms with van der Waals surface area (Å²) in [4.78, 5) is 2.33. The highest BCUT2D eigenvalue weighted by atomic mass is 79.9. The summed E-state index contributed by atoms with van der Waals surface area (Å²) in [6.45, 7) is 5.52. The lowest BCUT2D eigenvalue weighted by molar-refractivity contribution is 0.203. The normalized spacial score (nSPS) is 14.8. The summed E-state index contributed by atoms with van der Waals surface area (Å²) in [7, 11) is 6.37. The van der Waals surface area contributed by atoms with E-state index in [1.807, 2.05) is 7.05 Å². The van der Waals surface area contributed by atoms with Gasteiger partial charge in [-0.05, 0) is 63.8 Å². The van der Waals surface area contributed by atoms with E-state index in [9.17, 15) is 0 Å². The van der Waals surface area contributed by atoms with Gasteiger partial charge in [0.1, 0.15) is 0 Å². The van der Waals surface area contributed by atoms with Crippen LogP contribution in [0.25, 0.3) is 0 Å². The molecular formula is C15H25BrN2. The third-order valence-corrected chi connectivity index (χ3v) is 4.05. The first-order valence-electron chi connectivity index (χ1n) is 6.58. The zero-order valence-electron chi connectivity index (χ0n) is 12.1. The molecule has 1 rings (SSSR count). The van der Waals surface area contributed by atoms with E-state index in [1.54, 1.807) is 0 Å². The van der Waals surface area contributed by atoms with Gasteiger partial charge in [-0.1, -0.05) is 35.3 Å². The van der Waals surface area contributed by atoms with Crippen LogP contribution in [0.4, 0.5) is 0 Å². The Morgan fingerprint density at radius 2 is 2.00 bits per heavy atom. The molecule has 0 aliphatic rings. The third-order valence-electron chi connectivity index (χ3n) is 3.55. The molecule has 3 heteroatoms. The number of benzene rings is 1. The smallest absolute Gasteiger partial charge is 0.0385 e. The molecule has 0 saturated carbocycles. The van der Waals surface area contributed by atoms with Gasteiger partial charge in [-0.3, -0.25) is 0 Å². The van der Waals surface area contributed by atoms with Crippen molar-refractivity contribution in [3.63, 3.8) is 0 Å². The highest BCUT2D eigenvalue weighted by Crippen LogP contribution is 2.32. The van der Waals surface area contributed by atoms with E-state index in [2.05, 4.69) is 72.3 Å². The van der Waals surface area contributed by atoms with E-state index in [-0.39, 0.29) is 0 Å². The zero-order chi connectivity index (χ0) is 13.7. The minimum atomic E-state index is 0.458. The second-order valence-electron chi connectivity index (χ2n) is 5.14. The standard InChI is InChI=1S/C15H25BrN2/c1-6-12(10-17-3)15(18(4)5)14-9-13(16)8-7-11(14)2/h7-9,12,15,17H,6,10H2,1-5H3. The predicted octanol–water partition coefficient (Wildman–Crippen LogP) is 3.61. The van der Waals surface area contributed by atoms with Gasteiger partial charge in [0.15, 0.2) is 0 Å². The second kappa shape index (κ2) is 7.27. The summed E-state index contributed by atoms with van der Waals surface area (Å²) in [6, 6.07) is 7.03. The summed E-state index contributed by atoms with van der Waals surface area (Å²) >= 11 is 3.59. The van der Waals surface area contributed by atoms with Crippen molar-refractivity contribution in [1.82, 2.24) is 10.2 Å². The fourth-order valence-corrected chi connectivity index (χ4v) is 3.00. The summed E-state index contributed by atoms with van der Waals surface area (Å²) < 4.78 is 1.16. The molecule has 0 saturated heterocycles. The molecule has 2 atom stereocenters. The van der Waals surface area contributed by atoms with Crippen LogP contribution in [0, 0.1) is 12.8 Å². The molecule has 2 unspecified atom stereocenters. The van der Waals surface area contributed by atoms with Crippen molar-refractivity contribution in [3.05, 3.63) is 33.8 Å². The summed E-state index contributed by atoms with van der Waals surface area (Å²) in [5.74, 6) is 0.623. The predicted molar refractivity (Wildman–Crippen MR) is 83.0 cm³/mol. The number of halogens is 1. The molecule has 0 aliphatic carbocycles. The molecule has 0 aliphatic heterocycles. The van der Waals surface area contributed by atoms with E-state index >= 15 is 0 Å². The molecule has 1 N–H and O–H groups in total. The van der Waals surface area contributed by atoms with Gasteiger partial charge in [0.05, 0.1) is 0 Å². The van der Waals surface area contributed by atoms with Crippen molar-refractivity contribution in [2.24, 2.45) is 5.92 Å². The molecule has 0 bridgehead atoms. The molecule has 1 aromatic carbocycles. The number of hydrogen-bond donors (Lipinski definition) is 1. The van der Waals surface area contributed by atoms with Crippen LogP contribution in [0.2, 0.25) is 0 Å². The molecule has 0 aromatic heterocycles. The SMILES string of the molecule is CCC(CNC)C(c1cc(Br)ccc1C)N(C)C. The Morgan fingerprint density at radius 1 is 1.33 bits per heavy atom. The molecule has 0 radical (unpaired) electrons. The van der Waals surface area contributed by atoms with E-state index < -0.39 is 0 Å². The van der Waals surface area contributed by atoms with Crippen molar-refractivity contribution in [2.45, 2.75) is 26.3 Å². The molecule has 18 heavy (non-hydrogen) atoms. The van der Waals surface area contributed by atoms with Crippen LogP contribution in [-0.4, -0.2) is 32.6 Å². The minimum Gasteiger partial charge on any atom is -0.319 e. The Labute approximate surface area is 120 Å². The number of aryl methyl sites for hydroxylation is 1. The first-order chi connectivity index (χ1) is 8.51. The Kier molecular flexibility index (Phi) is 6.33. The number of nitrogens with one attached hydrogen (secondary N) is 1. The van der Waals surface area contributed by atoms with Crippen LogP contribution in [0.1, 0.15) is 30.5 Å². The molecule has 102 valence electrons. The van der Waals surface area contributed by atoms with Crippen LogP contribution in [0.15, 0.2) is 22.7 Å². The van der Waals surface area contributed by atoms with E-state index in [0.29, 0.717) is 12.0 Å². The fourth-order valence-electron chi connectivity index (χ4n) is 2.63. The molecule has 0 heterocycles. The highest BCUT2D eigenvalue weighted by molar-refractivity contribution is 9.10. The maximum atomic E-state index is 3.59. The topological polar surface area (TPSA) is 15.3 Å². The molecule has 1 aromatic rings. The van der Waals surface area contributed by atoms with Gasteiger partial charge < -0.3 is 10.2 Å². The van der Waals surface area contributed by atoms with Gasteiger partial charge in [-0.25, -0.2) is 0 Å². The second-order valence-corrected chi connectivity index (χ2v) is 6.05. The van der Waals surface area contributed by atoms with Crippen molar-refractivity contribution in [1.29, 1.82) is 0 Å². The molecule has 0 amide bonds. The van der Waals surface area contributed by atoms with Crippen molar-refractivity contribution < 1.29 is 0 Å². The van der Waals surface area contributed by atoms with Crippen molar-refractivity contribution >= 4 is 15.9 Å². The Hall–Kier alpha value is -0.380. The van der Waals surface area contributed by atoms with Gasteiger partial charge in [0.2, 0.25) is 0 Å². The number of nitrogens with zero attached hydrogens (tertiary/aromatic N) is 1. The number of rotatable bonds is 6. The fraction of sp³-hybridized carbons (Fsp3) is 0.600. The van der Waals surface area contributed by atoms with Gasteiger partial charge in [-0.2, -0.15) is 0 Å². The Bertz CT molecular complexity index is 377. The molecule has 2 nitrogen and oxygen atoms in total. The minimum absolute atomic E-state index is 0.458. The average molecular weight is 313 g/mol. The summed E-state index contributed by atoms with van der Waals surface area (Å²) in [6.07, 6.45) is 1.18. The van der Waals surface area contributed by atoms with E-state index in [0.717, 1.165) is 11.0 Å². The van der Waals surface area contributed by atoms with E-state index in [4.69, 9.17) is 0 Å². The third kappa shape index (κ3) is 3.81. The summed E-state index contributed by atoms with van der Waals surface area (Å²) in [5.41, 5.74) is 2.79. The number of hydrogen-bond acceptors (Lipinski definition) is 2. The first kappa shape index (κ1) is 15.7. The highest BCUT2D eigenvalue weighted by Gasteiger charge is 2.24. The van der Waals surface area contributed by atoms with Crippen LogP contribution >= 0.6 is 15.9 Å². The van der Waals surface area contributed by atoms with Crippen LogP contribution < -0.4 is 5.32 Å². The first-order valence-corrected chi connectivity index (χ1v) is 7.37. The van der Waals surface area contributed by atoms with Gasteiger partial charge in [0.25, 0.3) is 0 Å². The molecule has 0 spiro atoms. The zero-order valence-corrected chi connectivity index (χ0v) is 13.7. The van der Waals surface area contributed by atoms with Gasteiger partial charge in [-0.15, -0.1) is 0 Å². The van der Waals surface area contributed by atoms with Gasteiger partial charge >= 0.3 is 0 Å². The van der Waals surface area contributed by atoms with Gasteiger partial charge in [0, 0.05) is 10.5 Å². The average Bonchev–Trinajstić information content (AvgIpc) is 2.32. The van der Waals surface area contributed by atoms with Crippen LogP contribution in [0.5, 0.6) is 0 Å². The van der Waals surface area contributed by atoms with Crippen molar-refractivity contribution in [2.75, 3.05) is 27.7 Å². The monoisotopic (exact) mass is 312 g/mol. The molecular weight excluding hydrogens is 288 g/mol. The maximum Gasteiger partial charge on any atom is 0.0385 e. The quantitative estimate of drug-likeness (QED) is 0.863. The Morgan fingerprint density at radius 3 is 2.50 bits per heavy atom. The van der Waals surface area contributed by atoms with E-state index in [1.165, 1.54) is 17.5 Å².